The number of carbonyl (C=O) groups is 4. The second-order valence-electron chi connectivity index (χ2n) is 19.7. The number of hydrogen-bond acceptors (Lipinski definition) is 15. The second-order valence-corrected chi connectivity index (χ2v) is 21.4. The molecule has 4 amide bonds. The van der Waals surface area contributed by atoms with Gasteiger partial charge in [0.2, 0.25) is 29.6 Å². The van der Waals surface area contributed by atoms with Crippen molar-refractivity contribution in [3.05, 3.63) is 76.0 Å². The number of β-amino-alcohol motifs (C(OH)–C–C–N with tert-alkyl or cyclic N) is 1. The van der Waals surface area contributed by atoms with Crippen LogP contribution in [0.5, 0.6) is 5.75 Å². The molecule has 3 heterocycles. The molecule has 6 rings (SSSR count). The maximum atomic E-state index is 13.9. The number of thiazole rings is 1. The van der Waals surface area contributed by atoms with Crippen LogP contribution in [0.25, 0.3) is 10.4 Å². The number of nitrogens with one attached hydrogen (secondary N) is 4. The number of halogens is 1. The minimum Gasteiger partial charge on any atom is -0.494 e. The molecule has 0 unspecified atom stereocenters. The van der Waals surface area contributed by atoms with Crippen LogP contribution < -0.4 is 26.0 Å². The standard InChI is InChI=1S/C53H74BrN9O9S/c1-36-46(73-35-58-36)38-16-14-37(15-17-38)31-56-49(66)44-30-41(64)33-63(44)51(68)47(53(2,3)4)60-45(65)34-71-28-10-26-69-24-6-7-25-70-27-11-29-72-42-20-18-40(19-21-42)59-52-57-32-43(54)48(61-52)55-22-9-23-62(5)50(67)39-12-8-13-39/h14-21,32,35,39,41,44,47,64H,6-13,22-31,33-34H2,1-5H3,(H,56,66)(H,60,65)(H2,55,57,59,61)/t41-,44-,47+/m0/s1. The minimum absolute atomic E-state index is 0.00315. The van der Waals surface area contributed by atoms with E-state index in [9.17, 15) is 24.3 Å². The van der Waals surface area contributed by atoms with Gasteiger partial charge in [0.05, 0.1) is 33.3 Å². The molecule has 4 aromatic rings. The van der Waals surface area contributed by atoms with E-state index in [1.165, 1.54) is 4.90 Å². The Hall–Kier alpha value is -5.25. The van der Waals surface area contributed by atoms with Crippen LogP contribution in [0.4, 0.5) is 17.5 Å². The lowest BCUT2D eigenvalue weighted by Crippen LogP contribution is -2.58. The number of unbranched alkanes of at least 4 members (excludes halogenated alkanes) is 1. The smallest absolute Gasteiger partial charge is 0.246 e. The molecule has 73 heavy (non-hydrogen) atoms. The summed E-state index contributed by atoms with van der Waals surface area (Å²) in [5, 5.41) is 22.9. The van der Waals surface area contributed by atoms with E-state index < -0.39 is 35.4 Å². The fraction of sp³-hybridized carbons (Fsp3) is 0.566. The van der Waals surface area contributed by atoms with Gasteiger partial charge in [0, 0.05) is 96.9 Å². The zero-order valence-corrected chi connectivity index (χ0v) is 45.4. The molecule has 2 aromatic heterocycles. The van der Waals surface area contributed by atoms with Crippen LogP contribution >= 0.6 is 27.3 Å². The summed E-state index contributed by atoms with van der Waals surface area (Å²) >= 11 is 5.10. The third-order valence-corrected chi connectivity index (χ3v) is 14.3. The van der Waals surface area contributed by atoms with Crippen LogP contribution in [0, 0.1) is 18.3 Å². The van der Waals surface area contributed by atoms with Gasteiger partial charge in [-0.15, -0.1) is 11.3 Å². The summed E-state index contributed by atoms with van der Waals surface area (Å²) < 4.78 is 23.8. The molecule has 2 aliphatic rings. The molecule has 1 aliphatic heterocycles. The van der Waals surface area contributed by atoms with Gasteiger partial charge in [0.25, 0.3) is 0 Å². The van der Waals surface area contributed by atoms with Gasteiger partial charge < -0.3 is 55.1 Å². The highest BCUT2D eigenvalue weighted by molar-refractivity contribution is 9.10. The second kappa shape index (κ2) is 29.0. The molecule has 398 valence electrons. The molecule has 0 radical (unpaired) electrons. The normalized spacial score (nSPS) is 16.1. The number of hydrogen-bond donors (Lipinski definition) is 5. The van der Waals surface area contributed by atoms with E-state index in [0.29, 0.717) is 70.9 Å². The number of amides is 4. The number of anilines is 3. The first-order valence-electron chi connectivity index (χ1n) is 25.5. The number of aliphatic hydroxyl groups is 1. The molecule has 1 saturated carbocycles. The van der Waals surface area contributed by atoms with Crippen molar-refractivity contribution in [2.75, 3.05) is 83.6 Å². The third kappa shape index (κ3) is 18.3. The number of aryl methyl sites for hydroxylation is 1. The Balaban J connectivity index is 0.763. The van der Waals surface area contributed by atoms with Gasteiger partial charge in [-0.1, -0.05) is 51.5 Å². The van der Waals surface area contributed by atoms with E-state index in [0.717, 1.165) is 82.6 Å². The Kier molecular flexibility index (Phi) is 22.7. The predicted molar refractivity (Wildman–Crippen MR) is 286 cm³/mol. The predicted octanol–water partition coefficient (Wildman–Crippen LogP) is 7.27. The number of carbonyl (C=O) groups excluding carboxylic acids is 4. The van der Waals surface area contributed by atoms with Crippen LogP contribution in [0.3, 0.4) is 0 Å². The van der Waals surface area contributed by atoms with E-state index in [-0.39, 0.29) is 43.8 Å². The topological polar surface area (TPSA) is 219 Å². The number of aliphatic hydroxyl groups excluding tert-OH is 1. The highest BCUT2D eigenvalue weighted by Gasteiger charge is 2.44. The van der Waals surface area contributed by atoms with E-state index in [2.05, 4.69) is 52.1 Å². The SMILES string of the molecule is Cc1ncsc1-c1ccc(CNC(=O)[C@@H]2C[C@H](O)CN2C(=O)[C@@H](NC(=O)COCCCOCCCCOCCCOc2ccc(Nc3ncc(Br)c(NCCCN(C)C(=O)C4CCC4)n3)cc2)C(C)(C)C)cc1. The average Bonchev–Trinajstić information content (AvgIpc) is 3.97. The molecule has 0 spiro atoms. The Morgan fingerprint density at radius 2 is 1.59 bits per heavy atom. The summed E-state index contributed by atoms with van der Waals surface area (Å²) in [4.78, 5) is 70.4. The van der Waals surface area contributed by atoms with Gasteiger partial charge in [-0.05, 0) is 102 Å². The Morgan fingerprint density at radius 1 is 0.904 bits per heavy atom. The van der Waals surface area contributed by atoms with E-state index in [1.54, 1.807) is 17.5 Å². The average molecular weight is 1090 g/mol. The molecule has 2 fully saturated rings. The first kappa shape index (κ1) is 57.0. The van der Waals surface area contributed by atoms with Crippen molar-refractivity contribution >= 4 is 68.3 Å². The first-order chi connectivity index (χ1) is 35.2. The van der Waals surface area contributed by atoms with Crippen LogP contribution in [0.1, 0.15) is 89.8 Å². The van der Waals surface area contributed by atoms with Crippen molar-refractivity contribution < 1.29 is 43.2 Å². The third-order valence-electron chi connectivity index (χ3n) is 12.7. The van der Waals surface area contributed by atoms with Crippen LogP contribution in [-0.2, 0) is 39.9 Å². The summed E-state index contributed by atoms with van der Waals surface area (Å²) in [7, 11) is 1.88. The molecule has 5 N–H and O–H groups in total. The number of aromatic nitrogens is 3. The van der Waals surface area contributed by atoms with Crippen molar-refractivity contribution in [1.29, 1.82) is 0 Å². The van der Waals surface area contributed by atoms with E-state index in [1.807, 2.05) is 93.7 Å². The van der Waals surface area contributed by atoms with Crippen LogP contribution in [0.15, 0.2) is 64.7 Å². The minimum atomic E-state index is -0.940. The number of ether oxygens (including phenoxy) is 4. The van der Waals surface area contributed by atoms with Gasteiger partial charge in [-0.3, -0.25) is 19.2 Å². The summed E-state index contributed by atoms with van der Waals surface area (Å²) in [6.07, 6.45) is 8.02. The largest absolute Gasteiger partial charge is 0.494 e. The molecule has 1 aliphatic carbocycles. The van der Waals surface area contributed by atoms with Crippen LogP contribution in [-0.4, -0.2) is 145 Å². The maximum absolute atomic E-state index is 13.9. The summed E-state index contributed by atoms with van der Waals surface area (Å²) in [5.41, 5.74) is 4.89. The zero-order chi connectivity index (χ0) is 52.2. The summed E-state index contributed by atoms with van der Waals surface area (Å²) in [5.74, 6) is 1.14. The number of likely N-dealkylation sites (tertiary alicyclic amines) is 1. The Bertz CT molecular complexity index is 2370. The number of benzene rings is 2. The highest BCUT2D eigenvalue weighted by atomic mass is 79.9. The van der Waals surface area contributed by atoms with Crippen molar-refractivity contribution in [1.82, 2.24) is 35.4 Å². The van der Waals surface area contributed by atoms with Gasteiger partial charge in [-0.25, -0.2) is 9.97 Å². The lowest BCUT2D eigenvalue weighted by atomic mass is 9.84. The Labute approximate surface area is 442 Å². The highest BCUT2D eigenvalue weighted by Crippen LogP contribution is 2.30. The molecular weight excluding hydrogens is 1020 g/mol. The van der Waals surface area contributed by atoms with Gasteiger partial charge in [0.1, 0.15) is 30.3 Å². The molecule has 2 aromatic carbocycles. The summed E-state index contributed by atoms with van der Waals surface area (Å²) in [6, 6.07) is 13.7. The fourth-order valence-electron chi connectivity index (χ4n) is 8.29. The molecule has 3 atom stereocenters. The van der Waals surface area contributed by atoms with Crippen molar-refractivity contribution in [3.63, 3.8) is 0 Å². The first-order valence-corrected chi connectivity index (χ1v) is 27.1. The Morgan fingerprint density at radius 3 is 2.25 bits per heavy atom. The van der Waals surface area contributed by atoms with Gasteiger partial charge in [-0.2, -0.15) is 4.98 Å². The van der Waals surface area contributed by atoms with E-state index >= 15 is 0 Å². The maximum Gasteiger partial charge on any atom is 0.246 e. The molecule has 0 bridgehead atoms. The van der Waals surface area contributed by atoms with Crippen molar-refractivity contribution in [3.8, 4) is 16.2 Å². The van der Waals surface area contributed by atoms with Crippen molar-refractivity contribution in [2.45, 2.75) is 110 Å². The summed E-state index contributed by atoms with van der Waals surface area (Å²) in [6.45, 7) is 12.1. The molecule has 1 saturated heterocycles. The monoisotopic (exact) mass is 1090 g/mol. The fourth-order valence-corrected chi connectivity index (χ4v) is 9.43. The molecule has 20 heteroatoms. The van der Waals surface area contributed by atoms with Gasteiger partial charge in [0.15, 0.2) is 0 Å². The van der Waals surface area contributed by atoms with Crippen molar-refractivity contribution in [2.24, 2.45) is 11.3 Å². The van der Waals surface area contributed by atoms with E-state index in [4.69, 9.17) is 18.9 Å². The zero-order valence-electron chi connectivity index (χ0n) is 43.0. The lowest BCUT2D eigenvalue weighted by Gasteiger charge is -2.35. The van der Waals surface area contributed by atoms with Gasteiger partial charge >= 0.3 is 0 Å². The quantitative estimate of drug-likeness (QED) is 0.0325. The van der Waals surface area contributed by atoms with Crippen LogP contribution in [0.2, 0.25) is 0 Å². The lowest BCUT2D eigenvalue weighted by molar-refractivity contribution is -0.144. The number of rotatable bonds is 30. The number of nitrogens with zero attached hydrogens (tertiary/aromatic N) is 5. The molecular formula is C53H74BrN9O9S. The molecule has 18 nitrogen and oxygen atoms in total.